The van der Waals surface area contributed by atoms with Crippen LogP contribution >= 0.6 is 15.9 Å². The maximum atomic E-state index is 12.0. The van der Waals surface area contributed by atoms with Gasteiger partial charge in [0.15, 0.2) is 0 Å². The molecule has 1 atom stereocenters. The van der Waals surface area contributed by atoms with Crippen LogP contribution in [0.1, 0.15) is 33.1 Å². The van der Waals surface area contributed by atoms with E-state index in [0.717, 1.165) is 10.9 Å². The zero-order valence-corrected chi connectivity index (χ0v) is 14.7. The second kappa shape index (κ2) is 8.78. The molecule has 0 radical (unpaired) electrons. The van der Waals surface area contributed by atoms with Crippen molar-refractivity contribution in [2.45, 2.75) is 38.6 Å². The van der Waals surface area contributed by atoms with Crippen LogP contribution in [0.25, 0.3) is 0 Å². The average molecular weight is 372 g/mol. The molecule has 0 fully saturated rings. The maximum absolute atomic E-state index is 12.0. The summed E-state index contributed by atoms with van der Waals surface area (Å²) in [5.74, 6) is 0.0124. The zero-order chi connectivity index (χ0) is 16.6. The van der Waals surface area contributed by atoms with Crippen LogP contribution in [-0.4, -0.2) is 31.1 Å². The van der Waals surface area contributed by atoms with E-state index in [0.29, 0.717) is 12.2 Å². The number of halogens is 1. The summed E-state index contributed by atoms with van der Waals surface area (Å²) in [4.78, 5) is 23.8. The number of hydrogen-bond donors (Lipinski definition) is 1. The van der Waals surface area contributed by atoms with Crippen LogP contribution in [0.4, 0.5) is 0 Å². The van der Waals surface area contributed by atoms with E-state index >= 15 is 0 Å². The largest absolute Gasteiger partial charge is 0.493 e. The molecule has 1 N–H and O–H groups in total. The molecular weight excluding hydrogens is 350 g/mol. The normalized spacial score (nSPS) is 13.1. The van der Waals surface area contributed by atoms with E-state index in [-0.39, 0.29) is 18.9 Å². The third-order valence-corrected chi connectivity index (χ3v) is 3.69. The molecule has 122 valence electrons. The standard InChI is InChI=1S/C16H22BrNO4/c1-4-9-16(2,15(20)21-3)18-14(19)8-10-22-13-7-5-6-12(17)11-13/h5-7,11H,4,8-10H2,1-3H3,(H,18,19). The van der Waals surface area contributed by atoms with Crippen LogP contribution in [0.2, 0.25) is 0 Å². The fourth-order valence-corrected chi connectivity index (χ4v) is 2.51. The van der Waals surface area contributed by atoms with E-state index in [2.05, 4.69) is 21.2 Å². The van der Waals surface area contributed by atoms with E-state index < -0.39 is 11.5 Å². The Labute approximate surface area is 139 Å². The molecule has 1 aromatic rings. The van der Waals surface area contributed by atoms with Crippen molar-refractivity contribution in [3.63, 3.8) is 0 Å². The topological polar surface area (TPSA) is 64.6 Å². The smallest absolute Gasteiger partial charge is 0.331 e. The molecule has 0 aliphatic carbocycles. The van der Waals surface area contributed by atoms with Gasteiger partial charge in [-0.3, -0.25) is 4.79 Å². The molecule has 0 aromatic heterocycles. The van der Waals surface area contributed by atoms with Crippen molar-refractivity contribution in [2.24, 2.45) is 0 Å². The van der Waals surface area contributed by atoms with Gasteiger partial charge < -0.3 is 14.8 Å². The molecule has 22 heavy (non-hydrogen) atoms. The van der Waals surface area contributed by atoms with Gasteiger partial charge in [0, 0.05) is 4.47 Å². The van der Waals surface area contributed by atoms with Gasteiger partial charge in [-0.15, -0.1) is 0 Å². The Bertz CT molecular complexity index is 521. The number of benzene rings is 1. The summed E-state index contributed by atoms with van der Waals surface area (Å²) < 4.78 is 11.2. The van der Waals surface area contributed by atoms with Crippen molar-refractivity contribution in [1.29, 1.82) is 0 Å². The van der Waals surface area contributed by atoms with Crippen molar-refractivity contribution >= 4 is 27.8 Å². The molecule has 0 saturated heterocycles. The lowest BCUT2D eigenvalue weighted by Crippen LogP contribution is -2.52. The Morgan fingerprint density at radius 1 is 1.36 bits per heavy atom. The molecule has 0 saturated carbocycles. The van der Waals surface area contributed by atoms with Crippen LogP contribution in [0.3, 0.4) is 0 Å². The molecule has 6 heteroatoms. The van der Waals surface area contributed by atoms with E-state index in [1.54, 1.807) is 6.92 Å². The summed E-state index contributed by atoms with van der Waals surface area (Å²) in [7, 11) is 1.32. The Hall–Kier alpha value is -1.56. The Morgan fingerprint density at radius 3 is 2.68 bits per heavy atom. The molecule has 0 aliphatic heterocycles. The monoisotopic (exact) mass is 371 g/mol. The first-order valence-electron chi connectivity index (χ1n) is 7.19. The maximum Gasteiger partial charge on any atom is 0.331 e. The Morgan fingerprint density at radius 2 is 2.09 bits per heavy atom. The minimum Gasteiger partial charge on any atom is -0.493 e. The van der Waals surface area contributed by atoms with Gasteiger partial charge >= 0.3 is 5.97 Å². The lowest BCUT2D eigenvalue weighted by atomic mass is 9.96. The van der Waals surface area contributed by atoms with Crippen LogP contribution < -0.4 is 10.1 Å². The fourth-order valence-electron chi connectivity index (χ4n) is 2.13. The summed E-state index contributed by atoms with van der Waals surface area (Å²) in [5, 5.41) is 2.74. The first-order chi connectivity index (χ1) is 10.4. The highest BCUT2D eigenvalue weighted by molar-refractivity contribution is 9.10. The molecule has 1 amide bonds. The van der Waals surface area contributed by atoms with E-state index in [4.69, 9.17) is 9.47 Å². The van der Waals surface area contributed by atoms with Crippen molar-refractivity contribution < 1.29 is 19.1 Å². The minimum absolute atomic E-state index is 0.169. The van der Waals surface area contributed by atoms with Gasteiger partial charge in [-0.1, -0.05) is 35.3 Å². The van der Waals surface area contributed by atoms with E-state index in [1.807, 2.05) is 31.2 Å². The number of nitrogens with one attached hydrogen (secondary N) is 1. The summed E-state index contributed by atoms with van der Waals surface area (Å²) >= 11 is 3.35. The van der Waals surface area contributed by atoms with Crippen molar-refractivity contribution in [3.05, 3.63) is 28.7 Å². The summed E-state index contributed by atoms with van der Waals surface area (Å²) in [5.41, 5.74) is -0.990. The quantitative estimate of drug-likeness (QED) is 0.713. The third kappa shape index (κ3) is 5.67. The molecule has 1 unspecified atom stereocenters. The summed E-state index contributed by atoms with van der Waals surface area (Å²) in [6, 6.07) is 7.40. The molecule has 0 aliphatic rings. The first kappa shape index (κ1) is 18.5. The molecule has 0 bridgehead atoms. The number of ether oxygens (including phenoxy) is 2. The van der Waals surface area contributed by atoms with Crippen molar-refractivity contribution in [3.8, 4) is 5.75 Å². The van der Waals surface area contributed by atoms with E-state index in [9.17, 15) is 9.59 Å². The van der Waals surface area contributed by atoms with Crippen LogP contribution in [0.15, 0.2) is 28.7 Å². The van der Waals surface area contributed by atoms with Gasteiger partial charge in [-0.2, -0.15) is 0 Å². The second-order valence-corrected chi connectivity index (χ2v) is 6.09. The van der Waals surface area contributed by atoms with Crippen molar-refractivity contribution in [1.82, 2.24) is 5.32 Å². The number of carbonyl (C=O) groups is 2. The van der Waals surface area contributed by atoms with Gasteiger partial charge in [-0.25, -0.2) is 4.79 Å². The highest BCUT2D eigenvalue weighted by Crippen LogP contribution is 2.18. The van der Waals surface area contributed by atoms with Crippen molar-refractivity contribution in [2.75, 3.05) is 13.7 Å². The molecule has 1 rings (SSSR count). The van der Waals surface area contributed by atoms with Gasteiger partial charge in [0.1, 0.15) is 11.3 Å². The molecule has 0 heterocycles. The SMILES string of the molecule is CCCC(C)(NC(=O)CCOc1cccc(Br)c1)C(=O)OC. The van der Waals surface area contributed by atoms with Crippen LogP contribution in [0, 0.1) is 0 Å². The lowest BCUT2D eigenvalue weighted by Gasteiger charge is -2.27. The highest BCUT2D eigenvalue weighted by atomic mass is 79.9. The van der Waals surface area contributed by atoms with E-state index in [1.165, 1.54) is 7.11 Å². The predicted octanol–water partition coefficient (Wildman–Crippen LogP) is 3.07. The second-order valence-electron chi connectivity index (χ2n) is 5.18. The lowest BCUT2D eigenvalue weighted by molar-refractivity contribution is -0.150. The predicted molar refractivity (Wildman–Crippen MR) is 87.7 cm³/mol. The van der Waals surface area contributed by atoms with Crippen LogP contribution in [-0.2, 0) is 14.3 Å². The summed E-state index contributed by atoms with van der Waals surface area (Å²) in [6.07, 6.45) is 1.46. The number of methoxy groups -OCH3 is 1. The number of rotatable bonds is 8. The zero-order valence-electron chi connectivity index (χ0n) is 13.1. The number of hydrogen-bond acceptors (Lipinski definition) is 4. The Kier molecular flexibility index (Phi) is 7.38. The number of amides is 1. The molecule has 1 aromatic carbocycles. The molecule has 5 nitrogen and oxygen atoms in total. The van der Waals surface area contributed by atoms with Gasteiger partial charge in [-0.05, 0) is 31.5 Å². The van der Waals surface area contributed by atoms with Crippen LogP contribution in [0.5, 0.6) is 5.75 Å². The Balaban J connectivity index is 2.49. The molecular formula is C16H22BrNO4. The highest BCUT2D eigenvalue weighted by Gasteiger charge is 2.34. The molecule has 0 spiro atoms. The minimum atomic E-state index is -0.990. The summed E-state index contributed by atoms with van der Waals surface area (Å²) in [6.45, 7) is 3.87. The number of esters is 1. The van der Waals surface area contributed by atoms with Gasteiger partial charge in [0.2, 0.25) is 5.91 Å². The first-order valence-corrected chi connectivity index (χ1v) is 7.98. The number of carbonyl (C=O) groups excluding carboxylic acids is 2. The average Bonchev–Trinajstić information content (AvgIpc) is 2.46. The van der Waals surface area contributed by atoms with Gasteiger partial charge in [0.05, 0.1) is 20.1 Å². The fraction of sp³-hybridized carbons (Fsp3) is 0.500. The van der Waals surface area contributed by atoms with Gasteiger partial charge in [0.25, 0.3) is 0 Å². The third-order valence-electron chi connectivity index (χ3n) is 3.20.